The summed E-state index contributed by atoms with van der Waals surface area (Å²) in [4.78, 5) is 0. The molecule has 1 atom stereocenters. The molecule has 0 amide bonds. The van der Waals surface area contributed by atoms with Crippen LogP contribution in [0.3, 0.4) is 0 Å². The SMILES string of the molecule is CC(C)OCCS(=O)(=O)N1CCCC1CN.Cl. The molecule has 0 bridgehead atoms. The van der Waals surface area contributed by atoms with E-state index in [1.165, 1.54) is 4.31 Å². The molecule has 1 saturated heterocycles. The molecule has 0 aliphatic carbocycles. The summed E-state index contributed by atoms with van der Waals surface area (Å²) >= 11 is 0. The van der Waals surface area contributed by atoms with Crippen molar-refractivity contribution in [1.82, 2.24) is 4.31 Å². The first-order valence-corrected chi connectivity index (χ1v) is 7.39. The molecule has 7 heteroatoms. The summed E-state index contributed by atoms with van der Waals surface area (Å²) in [6.45, 7) is 5.06. The lowest BCUT2D eigenvalue weighted by atomic mass is 10.2. The van der Waals surface area contributed by atoms with E-state index >= 15 is 0 Å². The minimum atomic E-state index is -3.19. The van der Waals surface area contributed by atoms with Gasteiger partial charge in [-0.05, 0) is 26.7 Å². The molecule has 5 nitrogen and oxygen atoms in total. The van der Waals surface area contributed by atoms with Gasteiger partial charge in [0, 0.05) is 19.1 Å². The third kappa shape index (κ3) is 5.09. The minimum absolute atomic E-state index is 0. The second-order valence-electron chi connectivity index (χ2n) is 4.38. The smallest absolute Gasteiger partial charge is 0.216 e. The fourth-order valence-electron chi connectivity index (χ4n) is 1.92. The summed E-state index contributed by atoms with van der Waals surface area (Å²) in [5.41, 5.74) is 5.56. The topological polar surface area (TPSA) is 72.6 Å². The minimum Gasteiger partial charge on any atom is -0.378 e. The zero-order valence-electron chi connectivity index (χ0n) is 10.5. The Balaban J connectivity index is 0.00000256. The Hall–Kier alpha value is 0.120. The van der Waals surface area contributed by atoms with E-state index in [2.05, 4.69) is 0 Å². The third-order valence-electron chi connectivity index (χ3n) is 2.74. The Kier molecular flexibility index (Phi) is 7.58. The van der Waals surface area contributed by atoms with Crippen molar-refractivity contribution >= 4 is 22.4 Å². The number of nitrogens with two attached hydrogens (primary N) is 1. The summed E-state index contributed by atoms with van der Waals surface area (Å²) in [6, 6.07) is -0.0101. The molecule has 1 aliphatic rings. The molecule has 17 heavy (non-hydrogen) atoms. The molecule has 1 heterocycles. The average molecular weight is 287 g/mol. The highest BCUT2D eigenvalue weighted by molar-refractivity contribution is 7.89. The number of rotatable bonds is 6. The van der Waals surface area contributed by atoms with Crippen molar-refractivity contribution in [2.75, 3.05) is 25.4 Å². The molecule has 0 aromatic rings. The first kappa shape index (κ1) is 17.1. The van der Waals surface area contributed by atoms with Gasteiger partial charge in [-0.25, -0.2) is 8.42 Å². The molecule has 1 unspecified atom stereocenters. The lowest BCUT2D eigenvalue weighted by Crippen LogP contribution is -2.41. The largest absolute Gasteiger partial charge is 0.378 e. The first-order chi connectivity index (χ1) is 7.47. The molecule has 1 aliphatic heterocycles. The van der Waals surface area contributed by atoms with Crippen molar-refractivity contribution in [1.29, 1.82) is 0 Å². The molecular formula is C10H23ClN2O3S. The normalized spacial score (nSPS) is 21.8. The van der Waals surface area contributed by atoms with Crippen LogP contribution in [-0.2, 0) is 14.8 Å². The second kappa shape index (κ2) is 7.53. The number of halogens is 1. The van der Waals surface area contributed by atoms with Crippen molar-refractivity contribution < 1.29 is 13.2 Å². The summed E-state index contributed by atoms with van der Waals surface area (Å²) in [5.74, 6) is 0.0572. The van der Waals surface area contributed by atoms with Crippen molar-refractivity contribution in [3.63, 3.8) is 0 Å². The maximum Gasteiger partial charge on any atom is 0.216 e. The zero-order valence-corrected chi connectivity index (χ0v) is 12.1. The van der Waals surface area contributed by atoms with Crippen LogP contribution in [0.1, 0.15) is 26.7 Å². The number of ether oxygens (including phenoxy) is 1. The van der Waals surface area contributed by atoms with Gasteiger partial charge in [0.25, 0.3) is 0 Å². The van der Waals surface area contributed by atoms with Crippen LogP contribution >= 0.6 is 12.4 Å². The molecule has 104 valence electrons. The van der Waals surface area contributed by atoms with E-state index in [-0.39, 0.29) is 36.9 Å². The van der Waals surface area contributed by atoms with E-state index in [1.807, 2.05) is 13.8 Å². The van der Waals surface area contributed by atoms with Gasteiger partial charge >= 0.3 is 0 Å². The Morgan fingerprint density at radius 3 is 2.65 bits per heavy atom. The standard InChI is InChI=1S/C10H22N2O3S.ClH/c1-9(2)15-6-7-16(13,14)12-5-3-4-10(12)8-11;/h9-10H,3-8,11H2,1-2H3;1H. The van der Waals surface area contributed by atoms with Crippen LogP contribution in [0.5, 0.6) is 0 Å². The van der Waals surface area contributed by atoms with Crippen LogP contribution in [-0.4, -0.2) is 50.3 Å². The van der Waals surface area contributed by atoms with E-state index < -0.39 is 10.0 Å². The van der Waals surface area contributed by atoms with Crippen molar-refractivity contribution in [2.24, 2.45) is 5.73 Å². The number of hydrogen-bond donors (Lipinski definition) is 1. The van der Waals surface area contributed by atoms with Gasteiger partial charge in [0.05, 0.1) is 18.5 Å². The van der Waals surface area contributed by atoms with Gasteiger partial charge < -0.3 is 10.5 Å². The Morgan fingerprint density at radius 2 is 2.12 bits per heavy atom. The molecular weight excluding hydrogens is 264 g/mol. The average Bonchev–Trinajstić information content (AvgIpc) is 2.64. The Labute approximate surface area is 110 Å². The number of nitrogens with zero attached hydrogens (tertiary/aromatic N) is 1. The van der Waals surface area contributed by atoms with Gasteiger partial charge in [0.15, 0.2) is 0 Å². The summed E-state index contributed by atoms with van der Waals surface area (Å²) in [5, 5.41) is 0. The lowest BCUT2D eigenvalue weighted by molar-refractivity contribution is 0.0906. The van der Waals surface area contributed by atoms with E-state index in [9.17, 15) is 8.42 Å². The predicted molar refractivity (Wildman–Crippen MR) is 70.9 cm³/mol. The third-order valence-corrected chi connectivity index (χ3v) is 4.62. The maximum atomic E-state index is 12.0. The quantitative estimate of drug-likeness (QED) is 0.775. The van der Waals surface area contributed by atoms with Crippen molar-refractivity contribution in [2.45, 2.75) is 38.8 Å². The van der Waals surface area contributed by atoms with Crippen LogP contribution in [0.15, 0.2) is 0 Å². The molecule has 0 saturated carbocycles. The van der Waals surface area contributed by atoms with E-state index in [4.69, 9.17) is 10.5 Å². The van der Waals surface area contributed by atoms with Crippen LogP contribution < -0.4 is 5.73 Å². The van der Waals surface area contributed by atoms with E-state index in [1.54, 1.807) is 0 Å². The van der Waals surface area contributed by atoms with Crippen molar-refractivity contribution in [3.05, 3.63) is 0 Å². The van der Waals surface area contributed by atoms with Gasteiger partial charge in [-0.2, -0.15) is 4.31 Å². The van der Waals surface area contributed by atoms with Crippen LogP contribution in [0.25, 0.3) is 0 Å². The first-order valence-electron chi connectivity index (χ1n) is 5.78. The predicted octanol–water partition coefficient (Wildman–Crippen LogP) is 0.586. The summed E-state index contributed by atoms with van der Waals surface area (Å²) in [6.07, 6.45) is 1.85. The molecule has 1 rings (SSSR count). The van der Waals surface area contributed by atoms with Crippen LogP contribution in [0, 0.1) is 0 Å². The van der Waals surface area contributed by atoms with Crippen molar-refractivity contribution in [3.8, 4) is 0 Å². The van der Waals surface area contributed by atoms with Gasteiger partial charge in [-0.1, -0.05) is 0 Å². The van der Waals surface area contributed by atoms with Gasteiger partial charge in [-0.3, -0.25) is 0 Å². The fraction of sp³-hybridized carbons (Fsp3) is 1.00. The maximum absolute atomic E-state index is 12.0. The van der Waals surface area contributed by atoms with Crippen LogP contribution in [0.4, 0.5) is 0 Å². The van der Waals surface area contributed by atoms with Gasteiger partial charge in [-0.15, -0.1) is 12.4 Å². The molecule has 0 radical (unpaired) electrons. The second-order valence-corrected chi connectivity index (χ2v) is 6.42. The number of sulfonamides is 1. The Bertz CT molecular complexity index is 309. The zero-order chi connectivity index (χ0) is 12.2. The van der Waals surface area contributed by atoms with Gasteiger partial charge in [0.1, 0.15) is 0 Å². The molecule has 2 N–H and O–H groups in total. The van der Waals surface area contributed by atoms with Crippen LogP contribution in [0.2, 0.25) is 0 Å². The summed E-state index contributed by atoms with van der Waals surface area (Å²) in [7, 11) is -3.19. The lowest BCUT2D eigenvalue weighted by Gasteiger charge is -2.22. The molecule has 1 fully saturated rings. The summed E-state index contributed by atoms with van der Waals surface area (Å²) < 4.78 is 30.8. The highest BCUT2D eigenvalue weighted by Gasteiger charge is 2.32. The van der Waals surface area contributed by atoms with E-state index in [0.717, 1.165) is 12.8 Å². The Morgan fingerprint density at radius 1 is 1.47 bits per heavy atom. The molecule has 0 aromatic heterocycles. The van der Waals surface area contributed by atoms with E-state index in [0.29, 0.717) is 13.1 Å². The highest BCUT2D eigenvalue weighted by atomic mass is 35.5. The molecule has 0 aromatic carbocycles. The fourth-order valence-corrected chi connectivity index (χ4v) is 3.51. The number of hydrogen-bond acceptors (Lipinski definition) is 4. The highest BCUT2D eigenvalue weighted by Crippen LogP contribution is 2.20. The molecule has 0 spiro atoms. The monoisotopic (exact) mass is 286 g/mol. The van der Waals surface area contributed by atoms with Gasteiger partial charge in [0.2, 0.25) is 10.0 Å².